The van der Waals surface area contributed by atoms with Gasteiger partial charge in [-0.15, -0.1) is 0 Å². The topological polar surface area (TPSA) is 74.3 Å². The fraction of sp³-hybridized carbons (Fsp3) is 0.797. The number of ether oxygens (including phenoxy) is 4. The average molecular weight is 922 g/mol. The van der Waals surface area contributed by atoms with E-state index in [-0.39, 0.29) is 42.6 Å². The first-order valence-electron chi connectivity index (χ1n) is 28.1. The number of unbranched alkanes of at least 4 members (excludes halogenated alkanes) is 18. The molecule has 0 bridgehead atoms. The van der Waals surface area contributed by atoms with Crippen molar-refractivity contribution in [1.82, 2.24) is 4.90 Å². The monoisotopic (exact) mass is 922 g/mol. The molecule has 2 fully saturated rings. The molecule has 4 unspecified atom stereocenters. The Morgan fingerprint density at radius 2 is 1.11 bits per heavy atom. The number of likely N-dealkylation sites (tertiary alicyclic amines) is 1. The van der Waals surface area contributed by atoms with E-state index in [1.54, 1.807) is 0 Å². The second-order valence-electron chi connectivity index (χ2n) is 19.4. The molecule has 0 amide bonds. The number of rotatable bonds is 45. The van der Waals surface area contributed by atoms with E-state index in [9.17, 15) is 9.59 Å². The van der Waals surface area contributed by atoms with Gasteiger partial charge in [-0.1, -0.05) is 159 Å². The molecule has 0 N–H and O–H groups in total. The zero-order valence-electron chi connectivity index (χ0n) is 43.3. The Bertz CT molecular complexity index is 1270. The highest BCUT2D eigenvalue weighted by Crippen LogP contribution is 2.39. The van der Waals surface area contributed by atoms with Crippen molar-refractivity contribution in [3.8, 4) is 0 Å². The van der Waals surface area contributed by atoms with Crippen LogP contribution >= 0.6 is 0 Å². The molecule has 0 aromatic carbocycles. The van der Waals surface area contributed by atoms with Crippen molar-refractivity contribution in [2.45, 2.75) is 245 Å². The summed E-state index contributed by atoms with van der Waals surface area (Å²) >= 11 is 0. The lowest BCUT2D eigenvalue weighted by atomic mass is 9.88. The fourth-order valence-corrected chi connectivity index (χ4v) is 9.31. The first-order valence-corrected chi connectivity index (χ1v) is 28.1. The van der Waals surface area contributed by atoms with Gasteiger partial charge in [0.05, 0.1) is 6.61 Å². The van der Waals surface area contributed by atoms with Gasteiger partial charge in [-0.3, -0.25) is 9.59 Å². The quantitative estimate of drug-likeness (QED) is 0.0342. The standard InChI is InChI=1S/C59H103NO6/c1-4-7-10-12-14-16-18-20-22-24-26-28-30-32-34-39-49-63-52-55(64-50-40-35-33-31-29-27-25-23-21-19-17-15-13-11-8-5-2)53-65-59(62)51-54-44-45-57(56(54)42-36-9-6-3)66-58(61)43-41-48-60-46-37-38-47-60/h9,14-17,20-23,36,54-57H,4-8,10-13,18-19,24-35,37-53H2,1-3H3/b16-14-,17-15-,22-20-,23-21-,36-9-. The third-order valence-electron chi connectivity index (χ3n) is 13.4. The molecule has 1 saturated heterocycles. The van der Waals surface area contributed by atoms with Gasteiger partial charge in [0, 0.05) is 32.0 Å². The van der Waals surface area contributed by atoms with Crippen molar-refractivity contribution in [3.63, 3.8) is 0 Å². The highest BCUT2D eigenvalue weighted by atomic mass is 16.6. The summed E-state index contributed by atoms with van der Waals surface area (Å²) in [7, 11) is 0. The van der Waals surface area contributed by atoms with Crippen molar-refractivity contribution in [2.24, 2.45) is 11.8 Å². The number of carbonyl (C=O) groups is 2. The SMILES string of the molecule is CC/C=C\CC1C(CC(=O)OCC(COCCCCCCCC/C=C\C/C=C\CCCCC)OCCCCCCCC/C=C\C/C=C\CCCCC)CCC1OC(=O)CCCN1CCCC1. The maximum atomic E-state index is 13.4. The predicted octanol–water partition coefficient (Wildman–Crippen LogP) is 16.1. The molecule has 7 nitrogen and oxygen atoms in total. The van der Waals surface area contributed by atoms with E-state index >= 15 is 0 Å². The van der Waals surface area contributed by atoms with Crippen molar-refractivity contribution in [1.29, 1.82) is 0 Å². The van der Waals surface area contributed by atoms with Gasteiger partial charge in [0.25, 0.3) is 0 Å². The molecule has 2 rings (SSSR count). The summed E-state index contributed by atoms with van der Waals surface area (Å²) in [5, 5.41) is 0. The van der Waals surface area contributed by atoms with Crippen molar-refractivity contribution in [2.75, 3.05) is 46.1 Å². The third-order valence-corrected chi connectivity index (χ3v) is 13.4. The van der Waals surface area contributed by atoms with E-state index in [0.717, 1.165) is 83.8 Å². The Morgan fingerprint density at radius 3 is 1.68 bits per heavy atom. The number of hydrogen-bond acceptors (Lipinski definition) is 7. The molecule has 380 valence electrons. The molecule has 2 aliphatic rings. The van der Waals surface area contributed by atoms with Gasteiger partial charge in [-0.2, -0.15) is 0 Å². The molecule has 7 heteroatoms. The number of hydrogen-bond donors (Lipinski definition) is 0. The zero-order valence-corrected chi connectivity index (χ0v) is 43.3. The number of esters is 2. The van der Waals surface area contributed by atoms with Gasteiger partial charge in [0.15, 0.2) is 0 Å². The van der Waals surface area contributed by atoms with Crippen LogP contribution in [0.5, 0.6) is 0 Å². The highest BCUT2D eigenvalue weighted by Gasteiger charge is 2.39. The molecule has 1 heterocycles. The maximum Gasteiger partial charge on any atom is 0.306 e. The van der Waals surface area contributed by atoms with Crippen LogP contribution in [0.2, 0.25) is 0 Å². The molecule has 1 aliphatic carbocycles. The predicted molar refractivity (Wildman–Crippen MR) is 280 cm³/mol. The van der Waals surface area contributed by atoms with E-state index in [1.807, 2.05) is 0 Å². The molecule has 4 atom stereocenters. The maximum absolute atomic E-state index is 13.4. The van der Waals surface area contributed by atoms with Crippen LogP contribution in [0.25, 0.3) is 0 Å². The lowest BCUT2D eigenvalue weighted by molar-refractivity contribution is -0.152. The van der Waals surface area contributed by atoms with Crippen LogP contribution in [0.1, 0.15) is 233 Å². The molecule has 1 saturated carbocycles. The summed E-state index contributed by atoms with van der Waals surface area (Å²) in [6, 6.07) is 0. The molecule has 0 spiro atoms. The van der Waals surface area contributed by atoms with Gasteiger partial charge >= 0.3 is 11.9 Å². The molecular formula is C59H103NO6. The lowest BCUT2D eigenvalue weighted by Crippen LogP contribution is -2.30. The van der Waals surface area contributed by atoms with Gasteiger partial charge in [-0.05, 0) is 148 Å². The van der Waals surface area contributed by atoms with Crippen LogP contribution in [-0.2, 0) is 28.5 Å². The number of allylic oxidation sites excluding steroid dienone is 10. The number of carbonyl (C=O) groups excluding carboxylic acids is 2. The summed E-state index contributed by atoms with van der Waals surface area (Å²) in [4.78, 5) is 28.7. The van der Waals surface area contributed by atoms with E-state index < -0.39 is 0 Å². The van der Waals surface area contributed by atoms with Crippen LogP contribution in [0.3, 0.4) is 0 Å². The van der Waals surface area contributed by atoms with E-state index in [0.29, 0.717) is 32.7 Å². The van der Waals surface area contributed by atoms with Crippen LogP contribution in [0.4, 0.5) is 0 Å². The molecular weight excluding hydrogens is 819 g/mol. The average Bonchev–Trinajstić information content (AvgIpc) is 3.98. The van der Waals surface area contributed by atoms with Crippen molar-refractivity contribution in [3.05, 3.63) is 60.8 Å². The van der Waals surface area contributed by atoms with E-state index in [4.69, 9.17) is 18.9 Å². The van der Waals surface area contributed by atoms with Gasteiger partial charge in [0.1, 0.15) is 18.8 Å². The molecule has 1 aliphatic heterocycles. The Balaban J connectivity index is 1.72. The molecule has 0 aromatic rings. The molecule has 0 radical (unpaired) electrons. The van der Waals surface area contributed by atoms with Crippen molar-refractivity contribution < 1.29 is 28.5 Å². The van der Waals surface area contributed by atoms with Gasteiger partial charge < -0.3 is 23.8 Å². The minimum Gasteiger partial charge on any atom is -0.463 e. The normalized spacial score (nSPS) is 18.7. The minimum absolute atomic E-state index is 0.0952. The van der Waals surface area contributed by atoms with Crippen LogP contribution < -0.4 is 0 Å². The first kappa shape index (κ1) is 59.6. The minimum atomic E-state index is -0.266. The fourth-order valence-electron chi connectivity index (χ4n) is 9.31. The van der Waals surface area contributed by atoms with Crippen LogP contribution in [0.15, 0.2) is 60.8 Å². The zero-order chi connectivity index (χ0) is 47.2. The summed E-state index contributed by atoms with van der Waals surface area (Å²) in [5.74, 6) is -0.00738. The van der Waals surface area contributed by atoms with Crippen LogP contribution in [-0.4, -0.2) is 75.1 Å². The van der Waals surface area contributed by atoms with Crippen molar-refractivity contribution >= 4 is 11.9 Å². The summed E-state index contributed by atoms with van der Waals surface area (Å²) in [5.41, 5.74) is 0. The first-order chi connectivity index (χ1) is 32.6. The summed E-state index contributed by atoms with van der Waals surface area (Å²) in [6.45, 7) is 11.9. The largest absolute Gasteiger partial charge is 0.463 e. The Kier molecular flexibility index (Phi) is 40.7. The van der Waals surface area contributed by atoms with Gasteiger partial charge in [0.2, 0.25) is 0 Å². The Labute approximate surface area is 407 Å². The molecule has 66 heavy (non-hydrogen) atoms. The van der Waals surface area contributed by atoms with Gasteiger partial charge in [-0.25, -0.2) is 0 Å². The Morgan fingerprint density at radius 1 is 0.561 bits per heavy atom. The highest BCUT2D eigenvalue weighted by molar-refractivity contribution is 5.70. The van der Waals surface area contributed by atoms with E-state index in [2.05, 4.69) is 86.4 Å². The molecule has 0 aromatic heterocycles. The lowest BCUT2D eigenvalue weighted by Gasteiger charge is -2.24. The number of nitrogens with zero attached hydrogens (tertiary/aromatic N) is 1. The second kappa shape index (κ2) is 45.0. The van der Waals surface area contributed by atoms with Crippen LogP contribution in [0, 0.1) is 11.8 Å². The second-order valence-corrected chi connectivity index (χ2v) is 19.4. The van der Waals surface area contributed by atoms with E-state index in [1.165, 1.54) is 135 Å². The summed E-state index contributed by atoms with van der Waals surface area (Å²) in [6.07, 6.45) is 59.5. The third kappa shape index (κ3) is 34.8. The smallest absolute Gasteiger partial charge is 0.306 e. The Hall–Kier alpha value is -2.48. The summed E-state index contributed by atoms with van der Waals surface area (Å²) < 4.78 is 24.5.